The number of carbonyl (C=O) groups excluding carboxylic acids is 1. The molecule has 0 unspecified atom stereocenters. The van der Waals surface area contributed by atoms with Crippen LogP contribution in [0.2, 0.25) is 0 Å². The van der Waals surface area contributed by atoms with Crippen molar-refractivity contribution in [3.63, 3.8) is 0 Å². The molecule has 0 saturated carbocycles. The molecule has 3 heteroatoms. The zero-order valence-corrected chi connectivity index (χ0v) is 12.5. The van der Waals surface area contributed by atoms with Crippen molar-refractivity contribution in [2.75, 3.05) is 5.32 Å². The Morgan fingerprint density at radius 1 is 1.19 bits per heavy atom. The van der Waals surface area contributed by atoms with Crippen LogP contribution < -0.4 is 5.32 Å². The fourth-order valence-electron chi connectivity index (χ4n) is 2.30. The summed E-state index contributed by atoms with van der Waals surface area (Å²) in [4.78, 5) is 11.7. The molecule has 2 aromatic rings. The Hall–Kier alpha value is -2.60. The highest BCUT2D eigenvalue weighted by molar-refractivity contribution is 5.99. The molecule has 0 aliphatic heterocycles. The Morgan fingerprint density at radius 3 is 2.57 bits per heavy atom. The summed E-state index contributed by atoms with van der Waals surface area (Å²) >= 11 is 0. The Labute approximate surface area is 125 Å². The number of nitriles is 1. The van der Waals surface area contributed by atoms with Crippen LogP contribution in [-0.4, -0.2) is 5.78 Å². The number of benzene rings is 2. The summed E-state index contributed by atoms with van der Waals surface area (Å²) in [5.41, 5.74) is 5.48. The van der Waals surface area contributed by atoms with Crippen LogP contribution in [0.3, 0.4) is 0 Å². The van der Waals surface area contributed by atoms with E-state index in [9.17, 15) is 4.79 Å². The summed E-state index contributed by atoms with van der Waals surface area (Å²) in [6, 6.07) is 13.5. The molecule has 1 N–H and O–H groups in total. The Kier molecular flexibility index (Phi) is 4.39. The van der Waals surface area contributed by atoms with Crippen molar-refractivity contribution < 1.29 is 4.79 Å². The molecule has 0 fully saturated rings. The molecule has 0 aliphatic rings. The maximum Gasteiger partial charge on any atom is 0.161 e. The van der Waals surface area contributed by atoms with Gasteiger partial charge in [-0.3, -0.25) is 4.79 Å². The molecule has 0 saturated heterocycles. The van der Waals surface area contributed by atoms with Gasteiger partial charge in [-0.25, -0.2) is 0 Å². The second kappa shape index (κ2) is 6.23. The second-order valence-corrected chi connectivity index (χ2v) is 5.21. The summed E-state index contributed by atoms with van der Waals surface area (Å²) in [6.07, 6.45) is 0. The predicted octanol–water partition coefficient (Wildman–Crippen LogP) is 3.99. The van der Waals surface area contributed by atoms with Gasteiger partial charge in [-0.05, 0) is 50.1 Å². The maximum atomic E-state index is 11.7. The topological polar surface area (TPSA) is 52.9 Å². The first-order valence-corrected chi connectivity index (χ1v) is 6.86. The lowest BCUT2D eigenvalue weighted by Crippen LogP contribution is -2.06. The van der Waals surface area contributed by atoms with Crippen LogP contribution in [0.5, 0.6) is 0 Å². The van der Waals surface area contributed by atoms with Crippen molar-refractivity contribution in [1.29, 1.82) is 5.26 Å². The van der Waals surface area contributed by atoms with Crippen LogP contribution in [0.15, 0.2) is 36.4 Å². The van der Waals surface area contributed by atoms with E-state index in [4.69, 9.17) is 5.26 Å². The maximum absolute atomic E-state index is 11.7. The monoisotopic (exact) mass is 278 g/mol. The second-order valence-electron chi connectivity index (χ2n) is 5.21. The lowest BCUT2D eigenvalue weighted by molar-refractivity contribution is 0.101. The van der Waals surface area contributed by atoms with Gasteiger partial charge in [-0.15, -0.1) is 0 Å². The van der Waals surface area contributed by atoms with Crippen molar-refractivity contribution in [2.45, 2.75) is 27.3 Å². The number of Topliss-reactive ketones (excluding diaryl/α,β-unsaturated/α-hetero) is 1. The highest BCUT2D eigenvalue weighted by atomic mass is 16.1. The van der Waals surface area contributed by atoms with Gasteiger partial charge in [0.05, 0.1) is 11.6 Å². The number of hydrogen-bond donors (Lipinski definition) is 1. The summed E-state index contributed by atoms with van der Waals surface area (Å²) < 4.78 is 0. The molecule has 0 spiro atoms. The first-order valence-electron chi connectivity index (χ1n) is 6.86. The van der Waals surface area contributed by atoms with Gasteiger partial charge in [-0.2, -0.15) is 5.26 Å². The van der Waals surface area contributed by atoms with E-state index >= 15 is 0 Å². The number of nitrogens with zero attached hydrogens (tertiary/aromatic N) is 1. The number of carbonyl (C=O) groups is 1. The van der Waals surface area contributed by atoms with E-state index in [0.717, 1.165) is 0 Å². The summed E-state index contributed by atoms with van der Waals surface area (Å²) in [5, 5.41) is 12.3. The standard InChI is InChI=1S/C18H18N2O/c1-12-4-6-16(13(2)8-12)11-20-18-9-15(10-19)5-7-17(18)14(3)21/h4-9,20H,11H2,1-3H3. The van der Waals surface area contributed by atoms with Crippen molar-refractivity contribution in [3.05, 3.63) is 64.2 Å². The van der Waals surface area contributed by atoms with Crippen molar-refractivity contribution in [1.82, 2.24) is 0 Å². The third-order valence-electron chi connectivity index (χ3n) is 3.50. The number of aryl methyl sites for hydroxylation is 2. The van der Waals surface area contributed by atoms with E-state index in [2.05, 4.69) is 43.4 Å². The van der Waals surface area contributed by atoms with Crippen LogP contribution in [0.1, 0.15) is 39.5 Å². The minimum absolute atomic E-state index is 0.0115. The minimum Gasteiger partial charge on any atom is -0.380 e. The Bertz CT molecular complexity index is 726. The fourth-order valence-corrected chi connectivity index (χ4v) is 2.30. The normalized spacial score (nSPS) is 10.0. The quantitative estimate of drug-likeness (QED) is 0.860. The summed E-state index contributed by atoms with van der Waals surface area (Å²) in [6.45, 7) is 6.29. The predicted molar refractivity (Wildman–Crippen MR) is 84.4 cm³/mol. The highest BCUT2D eigenvalue weighted by Gasteiger charge is 2.08. The minimum atomic E-state index is -0.0115. The number of anilines is 1. The number of ketones is 1. The first kappa shape index (κ1) is 14.8. The fraction of sp³-hybridized carbons (Fsp3) is 0.222. The largest absolute Gasteiger partial charge is 0.380 e. The molecule has 0 heterocycles. The lowest BCUT2D eigenvalue weighted by atomic mass is 10.0. The van der Waals surface area contributed by atoms with Gasteiger partial charge in [0.2, 0.25) is 0 Å². The van der Waals surface area contributed by atoms with Crippen molar-refractivity contribution in [3.8, 4) is 6.07 Å². The molecule has 106 valence electrons. The molecule has 21 heavy (non-hydrogen) atoms. The average Bonchev–Trinajstić information content (AvgIpc) is 2.45. The third-order valence-corrected chi connectivity index (χ3v) is 3.50. The molecule has 2 rings (SSSR count). The van der Waals surface area contributed by atoms with Gasteiger partial charge >= 0.3 is 0 Å². The van der Waals surface area contributed by atoms with Crippen LogP contribution >= 0.6 is 0 Å². The third kappa shape index (κ3) is 3.49. The molecule has 3 nitrogen and oxygen atoms in total. The summed E-state index contributed by atoms with van der Waals surface area (Å²) in [7, 11) is 0. The van der Waals surface area contributed by atoms with Crippen molar-refractivity contribution in [2.24, 2.45) is 0 Å². The van der Waals surface area contributed by atoms with Crippen LogP contribution in [0.4, 0.5) is 5.69 Å². The summed E-state index contributed by atoms with van der Waals surface area (Å²) in [5.74, 6) is -0.0115. The average molecular weight is 278 g/mol. The van der Waals surface area contributed by atoms with E-state index < -0.39 is 0 Å². The highest BCUT2D eigenvalue weighted by Crippen LogP contribution is 2.20. The van der Waals surface area contributed by atoms with Crippen LogP contribution in [0, 0.1) is 25.2 Å². The molecule has 0 aliphatic carbocycles. The molecule has 2 aromatic carbocycles. The lowest BCUT2D eigenvalue weighted by Gasteiger charge is -2.13. The molecular formula is C18H18N2O. The van der Waals surface area contributed by atoms with Gasteiger partial charge in [0, 0.05) is 17.8 Å². The molecule has 0 aromatic heterocycles. The molecule has 0 bridgehead atoms. The van der Waals surface area contributed by atoms with Crippen LogP contribution in [0.25, 0.3) is 0 Å². The molecule has 0 atom stereocenters. The van der Waals surface area contributed by atoms with E-state index in [-0.39, 0.29) is 5.78 Å². The zero-order chi connectivity index (χ0) is 15.4. The van der Waals surface area contributed by atoms with Gasteiger partial charge in [0.15, 0.2) is 5.78 Å². The smallest absolute Gasteiger partial charge is 0.161 e. The number of hydrogen-bond acceptors (Lipinski definition) is 3. The van der Waals surface area contributed by atoms with E-state index in [1.807, 2.05) is 0 Å². The van der Waals surface area contributed by atoms with E-state index in [1.54, 1.807) is 18.2 Å². The number of nitrogens with one attached hydrogen (secondary N) is 1. The first-order chi connectivity index (χ1) is 10.0. The van der Waals surface area contributed by atoms with Gasteiger partial charge < -0.3 is 5.32 Å². The van der Waals surface area contributed by atoms with E-state index in [0.29, 0.717) is 23.4 Å². The SMILES string of the molecule is CC(=O)c1ccc(C#N)cc1NCc1ccc(C)cc1C. The van der Waals surface area contributed by atoms with Gasteiger partial charge in [-0.1, -0.05) is 23.8 Å². The van der Waals surface area contributed by atoms with E-state index in [1.165, 1.54) is 23.6 Å². The molecule has 0 amide bonds. The molecular weight excluding hydrogens is 260 g/mol. The Morgan fingerprint density at radius 2 is 1.95 bits per heavy atom. The van der Waals surface area contributed by atoms with Gasteiger partial charge in [0.25, 0.3) is 0 Å². The van der Waals surface area contributed by atoms with Crippen LogP contribution in [-0.2, 0) is 6.54 Å². The zero-order valence-electron chi connectivity index (χ0n) is 12.5. The molecule has 0 radical (unpaired) electrons. The number of rotatable bonds is 4. The van der Waals surface area contributed by atoms with Gasteiger partial charge in [0.1, 0.15) is 0 Å². The van der Waals surface area contributed by atoms with Crippen molar-refractivity contribution >= 4 is 11.5 Å². The Balaban J connectivity index is 2.26.